The van der Waals surface area contributed by atoms with Crippen molar-refractivity contribution < 1.29 is 21.6 Å². The number of halogens is 4. The molecule has 0 saturated heterocycles. The molecule has 11 heteroatoms. The molecule has 0 aromatic heterocycles. The van der Waals surface area contributed by atoms with Crippen molar-refractivity contribution in [3.05, 3.63) is 28.2 Å². The fraction of sp³-hybridized carbons (Fsp3) is 0.222. The highest BCUT2D eigenvalue weighted by atomic mass is 79.9. The summed E-state index contributed by atoms with van der Waals surface area (Å²) in [6, 6.07) is 4.21. The van der Waals surface area contributed by atoms with E-state index >= 15 is 0 Å². The van der Waals surface area contributed by atoms with Gasteiger partial charge in [-0.1, -0.05) is 12.2 Å². The van der Waals surface area contributed by atoms with E-state index < -0.39 is 22.9 Å². The second-order valence-corrected chi connectivity index (χ2v) is 6.39. The van der Waals surface area contributed by atoms with Crippen molar-refractivity contribution in [3.8, 4) is 0 Å². The maximum absolute atomic E-state index is 12.0. The van der Waals surface area contributed by atoms with Gasteiger partial charge in [-0.2, -0.15) is 26.3 Å². The molecule has 0 bridgehead atoms. The summed E-state index contributed by atoms with van der Waals surface area (Å²) in [4.78, 5) is 0.107. The van der Waals surface area contributed by atoms with E-state index in [1.54, 1.807) is 0 Å². The van der Waals surface area contributed by atoms with E-state index in [0.29, 0.717) is 10.0 Å². The van der Waals surface area contributed by atoms with Crippen LogP contribution in [-0.4, -0.2) is 26.1 Å². The van der Waals surface area contributed by atoms with Gasteiger partial charge >= 0.3 is 6.18 Å². The molecule has 0 aliphatic heterocycles. The Morgan fingerprint density at radius 2 is 2.00 bits per heavy atom. The standard InChI is InChI=1S/C9H9BrF3N3O2S2/c10-6-3-5(8(14)19)1-2-7(6)16-20(17,18)15-4-9(11,12)13/h1-3,15-16H,4H2,(H2,14,19). The van der Waals surface area contributed by atoms with E-state index in [2.05, 4.69) is 15.9 Å². The number of benzene rings is 1. The van der Waals surface area contributed by atoms with Crippen LogP contribution in [0.2, 0.25) is 0 Å². The Hall–Kier alpha value is -0.910. The zero-order chi connectivity index (χ0) is 15.6. The highest BCUT2D eigenvalue weighted by Crippen LogP contribution is 2.24. The molecule has 0 heterocycles. The van der Waals surface area contributed by atoms with Crippen LogP contribution >= 0.6 is 28.1 Å². The van der Waals surface area contributed by atoms with E-state index in [9.17, 15) is 21.6 Å². The third kappa shape index (κ3) is 5.61. The van der Waals surface area contributed by atoms with Crippen molar-refractivity contribution in [2.24, 2.45) is 5.73 Å². The number of hydrogen-bond acceptors (Lipinski definition) is 3. The van der Waals surface area contributed by atoms with Gasteiger partial charge in [-0.25, -0.2) is 0 Å². The van der Waals surface area contributed by atoms with Crippen LogP contribution in [0.3, 0.4) is 0 Å². The first-order valence-electron chi connectivity index (χ1n) is 4.94. The first kappa shape index (κ1) is 17.1. The van der Waals surface area contributed by atoms with Crippen molar-refractivity contribution >= 4 is 49.0 Å². The van der Waals surface area contributed by atoms with Crippen molar-refractivity contribution in [1.82, 2.24) is 4.72 Å². The summed E-state index contributed by atoms with van der Waals surface area (Å²) in [6.45, 7) is -1.66. The van der Waals surface area contributed by atoms with Gasteiger partial charge in [0.25, 0.3) is 10.2 Å². The monoisotopic (exact) mass is 391 g/mol. The van der Waals surface area contributed by atoms with Crippen LogP contribution in [0.5, 0.6) is 0 Å². The van der Waals surface area contributed by atoms with Crippen LogP contribution in [0, 0.1) is 0 Å². The summed E-state index contributed by atoms with van der Waals surface area (Å²) >= 11 is 7.80. The largest absolute Gasteiger partial charge is 0.402 e. The number of nitrogens with two attached hydrogens (primary N) is 1. The predicted octanol–water partition coefficient (Wildman–Crippen LogP) is 1.89. The summed E-state index contributed by atoms with van der Waals surface area (Å²) in [5, 5.41) is 0. The molecule has 1 aromatic rings. The molecule has 0 atom stereocenters. The molecule has 0 unspecified atom stereocenters. The molecule has 1 aromatic carbocycles. The van der Waals surface area contributed by atoms with Crippen molar-refractivity contribution in [2.75, 3.05) is 11.3 Å². The Kier molecular flexibility index (Phi) is 5.35. The third-order valence-electron chi connectivity index (χ3n) is 1.96. The lowest BCUT2D eigenvalue weighted by atomic mass is 10.2. The molecule has 20 heavy (non-hydrogen) atoms. The average Bonchev–Trinajstić information content (AvgIpc) is 2.28. The molecule has 0 radical (unpaired) electrons. The molecule has 1 rings (SSSR count). The third-order valence-corrected chi connectivity index (χ3v) is 3.87. The zero-order valence-electron chi connectivity index (χ0n) is 9.66. The van der Waals surface area contributed by atoms with Gasteiger partial charge in [-0.15, -0.1) is 0 Å². The normalized spacial score (nSPS) is 12.2. The van der Waals surface area contributed by atoms with Crippen LogP contribution < -0.4 is 15.2 Å². The Morgan fingerprint density at radius 3 is 2.45 bits per heavy atom. The SMILES string of the molecule is NC(=S)c1ccc(NS(=O)(=O)NCC(F)(F)F)c(Br)c1. The van der Waals surface area contributed by atoms with Gasteiger partial charge in [0, 0.05) is 10.0 Å². The Labute approximate surface area is 127 Å². The van der Waals surface area contributed by atoms with E-state index in [1.165, 1.54) is 22.9 Å². The smallest absolute Gasteiger partial charge is 0.389 e. The number of hydrogen-bond donors (Lipinski definition) is 3. The van der Waals surface area contributed by atoms with E-state index in [4.69, 9.17) is 18.0 Å². The topological polar surface area (TPSA) is 84.2 Å². The van der Waals surface area contributed by atoms with Crippen LogP contribution in [0.25, 0.3) is 0 Å². The Morgan fingerprint density at radius 1 is 1.40 bits per heavy atom. The number of thiocarbonyl (C=S) groups is 1. The number of rotatable bonds is 5. The van der Waals surface area contributed by atoms with Crippen molar-refractivity contribution in [3.63, 3.8) is 0 Å². The number of alkyl halides is 3. The highest BCUT2D eigenvalue weighted by Gasteiger charge is 2.29. The maximum atomic E-state index is 12.0. The highest BCUT2D eigenvalue weighted by molar-refractivity contribution is 9.10. The molecule has 112 valence electrons. The van der Waals surface area contributed by atoms with Gasteiger partial charge in [0.05, 0.1) is 5.69 Å². The van der Waals surface area contributed by atoms with E-state index in [-0.39, 0.29) is 10.7 Å². The zero-order valence-corrected chi connectivity index (χ0v) is 12.9. The molecule has 0 saturated carbocycles. The van der Waals surface area contributed by atoms with E-state index in [1.807, 2.05) is 4.72 Å². The van der Waals surface area contributed by atoms with Crippen LogP contribution in [0.4, 0.5) is 18.9 Å². The maximum Gasteiger partial charge on any atom is 0.402 e. The summed E-state index contributed by atoms with van der Waals surface area (Å²) in [5.41, 5.74) is 5.93. The van der Waals surface area contributed by atoms with Gasteiger partial charge in [0.1, 0.15) is 11.5 Å². The summed E-state index contributed by atoms with van der Waals surface area (Å²) in [7, 11) is -4.34. The molecular formula is C9H9BrF3N3O2S2. The van der Waals surface area contributed by atoms with Crippen molar-refractivity contribution in [1.29, 1.82) is 0 Å². The Bertz CT molecular complexity index is 619. The van der Waals surface area contributed by atoms with Gasteiger partial charge < -0.3 is 5.73 Å². The summed E-state index contributed by atoms with van der Waals surface area (Å²) < 4.78 is 62.3. The lowest BCUT2D eigenvalue weighted by Gasteiger charge is -2.12. The molecule has 0 amide bonds. The van der Waals surface area contributed by atoms with Gasteiger partial charge in [-0.05, 0) is 34.1 Å². The fourth-order valence-corrected chi connectivity index (χ4v) is 2.74. The Balaban J connectivity index is 2.85. The molecule has 0 aliphatic carbocycles. The second-order valence-electron chi connectivity index (χ2n) is 3.60. The van der Waals surface area contributed by atoms with Crippen molar-refractivity contribution in [2.45, 2.75) is 6.18 Å². The molecule has 0 spiro atoms. The minimum absolute atomic E-state index is 0.0553. The quantitative estimate of drug-likeness (QED) is 0.669. The van der Waals surface area contributed by atoms with Crippen LogP contribution in [-0.2, 0) is 10.2 Å². The number of nitrogens with one attached hydrogen (secondary N) is 2. The predicted molar refractivity (Wildman–Crippen MR) is 76.6 cm³/mol. The first-order valence-corrected chi connectivity index (χ1v) is 7.62. The molecule has 0 aliphatic rings. The van der Waals surface area contributed by atoms with Gasteiger partial charge in [-0.3, -0.25) is 4.72 Å². The van der Waals surface area contributed by atoms with Crippen LogP contribution in [0.1, 0.15) is 5.56 Å². The minimum Gasteiger partial charge on any atom is -0.389 e. The molecular weight excluding hydrogens is 383 g/mol. The minimum atomic E-state index is -4.64. The number of anilines is 1. The van der Waals surface area contributed by atoms with Gasteiger partial charge in [0.2, 0.25) is 0 Å². The lowest BCUT2D eigenvalue weighted by molar-refractivity contribution is -0.121. The first-order chi connectivity index (χ1) is 9.00. The molecule has 5 nitrogen and oxygen atoms in total. The average molecular weight is 392 g/mol. The second kappa shape index (κ2) is 6.24. The molecule has 4 N–H and O–H groups in total. The van der Waals surface area contributed by atoms with Gasteiger partial charge in [0.15, 0.2) is 0 Å². The summed E-state index contributed by atoms with van der Waals surface area (Å²) in [5.74, 6) is 0. The van der Waals surface area contributed by atoms with Crippen LogP contribution in [0.15, 0.2) is 22.7 Å². The summed E-state index contributed by atoms with van der Waals surface area (Å²) in [6.07, 6.45) is -4.64. The lowest BCUT2D eigenvalue weighted by Crippen LogP contribution is -2.37. The molecule has 0 fully saturated rings. The van der Waals surface area contributed by atoms with E-state index in [0.717, 1.165) is 0 Å². The fourth-order valence-electron chi connectivity index (χ4n) is 1.11.